The van der Waals surface area contributed by atoms with Gasteiger partial charge in [-0.1, -0.05) is 0 Å². The van der Waals surface area contributed by atoms with Crippen molar-refractivity contribution in [1.29, 1.82) is 0 Å². The Hall–Kier alpha value is -2.86. The van der Waals surface area contributed by atoms with E-state index in [0.717, 1.165) is 35.1 Å². The van der Waals surface area contributed by atoms with Crippen LogP contribution >= 0.6 is 0 Å². The zero-order valence-corrected chi connectivity index (χ0v) is 13.3. The Balaban J connectivity index is 2.16. The van der Waals surface area contributed by atoms with Crippen molar-refractivity contribution in [2.24, 2.45) is 0 Å². The number of hydrogen-bond donors (Lipinski definition) is 1. The summed E-state index contributed by atoms with van der Waals surface area (Å²) in [6.07, 6.45) is -3.92. The summed E-state index contributed by atoms with van der Waals surface area (Å²) in [6, 6.07) is 6.51. The number of aromatic nitrogens is 4. The lowest BCUT2D eigenvalue weighted by Crippen LogP contribution is -2.09. The van der Waals surface area contributed by atoms with Gasteiger partial charge in [-0.15, -0.1) is 5.10 Å². The van der Waals surface area contributed by atoms with Gasteiger partial charge in [-0.2, -0.15) is 21.6 Å². The van der Waals surface area contributed by atoms with Crippen molar-refractivity contribution < 1.29 is 30.5 Å². The Kier molecular flexibility index (Phi) is 4.24. The highest BCUT2D eigenvalue weighted by Gasteiger charge is 2.37. The maximum Gasteiger partial charge on any atom is 0.453 e. The van der Waals surface area contributed by atoms with Gasteiger partial charge in [0.2, 0.25) is 0 Å². The van der Waals surface area contributed by atoms with Crippen molar-refractivity contribution in [3.05, 3.63) is 54.2 Å². The third-order valence-corrected chi connectivity index (χ3v) is 3.96. The molecule has 3 rings (SSSR count). The number of pyridine rings is 1. The van der Waals surface area contributed by atoms with Crippen LogP contribution in [0.3, 0.4) is 0 Å². The first-order valence-electron chi connectivity index (χ1n) is 6.80. The van der Waals surface area contributed by atoms with Crippen molar-refractivity contribution in [1.82, 2.24) is 19.7 Å². The number of alkyl halides is 3. The molecule has 0 amide bonds. The molecule has 2 aromatic heterocycles. The second-order valence-electron chi connectivity index (χ2n) is 5.01. The minimum atomic E-state index is -4.83. The summed E-state index contributed by atoms with van der Waals surface area (Å²) in [5, 5.41) is 2.70. The molecule has 0 saturated carbocycles. The third-order valence-electron chi connectivity index (χ3n) is 3.19. The molecule has 26 heavy (non-hydrogen) atoms. The van der Waals surface area contributed by atoms with Crippen LogP contribution in [0.1, 0.15) is 5.82 Å². The zero-order chi connectivity index (χ0) is 19.1. The average molecular weight is 388 g/mol. The summed E-state index contributed by atoms with van der Waals surface area (Å²) in [5.41, 5.74) is 0.105. The monoisotopic (exact) mass is 388 g/mol. The number of rotatable bonds is 3. The molecule has 0 bridgehead atoms. The number of hydrogen-bond acceptors (Lipinski definition) is 5. The van der Waals surface area contributed by atoms with E-state index < -0.39 is 33.0 Å². The second kappa shape index (κ2) is 6.14. The Morgan fingerprint density at radius 3 is 2.19 bits per heavy atom. The predicted octanol–water partition coefficient (Wildman–Crippen LogP) is 2.73. The van der Waals surface area contributed by atoms with E-state index in [-0.39, 0.29) is 17.1 Å². The molecule has 136 valence electrons. The highest BCUT2D eigenvalue weighted by Crippen LogP contribution is 2.30. The minimum Gasteiger partial charge on any atom is -0.281 e. The van der Waals surface area contributed by atoms with E-state index in [2.05, 4.69) is 15.1 Å². The van der Waals surface area contributed by atoms with Crippen LogP contribution in [-0.4, -0.2) is 32.7 Å². The molecular formula is C14H8F4N4O3S. The van der Waals surface area contributed by atoms with Gasteiger partial charge in [0.25, 0.3) is 5.82 Å². The SMILES string of the molecule is O=S(=O)(O)c1ccc(-n2nc(C(F)(F)F)nc2-c2ccc(F)cc2)cn1. The van der Waals surface area contributed by atoms with Crippen LogP contribution in [0.5, 0.6) is 0 Å². The third kappa shape index (κ3) is 3.55. The largest absolute Gasteiger partial charge is 0.453 e. The van der Waals surface area contributed by atoms with Crippen LogP contribution in [0.2, 0.25) is 0 Å². The smallest absolute Gasteiger partial charge is 0.281 e. The van der Waals surface area contributed by atoms with Crippen molar-refractivity contribution in [3.8, 4) is 17.1 Å². The van der Waals surface area contributed by atoms with Gasteiger partial charge in [0.15, 0.2) is 10.9 Å². The van der Waals surface area contributed by atoms with Gasteiger partial charge in [0, 0.05) is 5.56 Å². The molecule has 3 aromatic rings. The van der Waals surface area contributed by atoms with Gasteiger partial charge >= 0.3 is 16.3 Å². The van der Waals surface area contributed by atoms with Crippen LogP contribution in [0.15, 0.2) is 47.6 Å². The van der Waals surface area contributed by atoms with Crippen LogP contribution in [0.25, 0.3) is 17.1 Å². The molecular weight excluding hydrogens is 380 g/mol. The van der Waals surface area contributed by atoms with Crippen molar-refractivity contribution in [2.45, 2.75) is 11.2 Å². The highest BCUT2D eigenvalue weighted by atomic mass is 32.2. The van der Waals surface area contributed by atoms with Gasteiger partial charge in [-0.05, 0) is 36.4 Å². The van der Waals surface area contributed by atoms with Crippen LogP contribution < -0.4 is 0 Å². The molecule has 0 radical (unpaired) electrons. The van der Waals surface area contributed by atoms with Crippen molar-refractivity contribution >= 4 is 10.1 Å². The maximum absolute atomic E-state index is 13.1. The Labute approximate surface area is 143 Å². The van der Waals surface area contributed by atoms with Crippen LogP contribution in [0, 0.1) is 5.82 Å². The normalized spacial score (nSPS) is 12.3. The van der Waals surface area contributed by atoms with E-state index in [1.165, 1.54) is 12.1 Å². The minimum absolute atomic E-state index is 0.0419. The van der Waals surface area contributed by atoms with E-state index in [1.807, 2.05) is 0 Å². The summed E-state index contributed by atoms with van der Waals surface area (Å²) in [7, 11) is -4.56. The number of benzene rings is 1. The van der Waals surface area contributed by atoms with E-state index in [4.69, 9.17) is 4.55 Å². The van der Waals surface area contributed by atoms with Gasteiger partial charge in [-0.25, -0.2) is 19.0 Å². The molecule has 0 unspecified atom stereocenters. The molecule has 0 atom stereocenters. The Bertz CT molecular complexity index is 1050. The first-order valence-corrected chi connectivity index (χ1v) is 8.24. The van der Waals surface area contributed by atoms with Gasteiger partial charge in [0.05, 0.1) is 11.9 Å². The first kappa shape index (κ1) is 17.9. The molecule has 7 nitrogen and oxygen atoms in total. The molecule has 0 aliphatic carbocycles. The topological polar surface area (TPSA) is 98.0 Å². The molecule has 0 spiro atoms. The molecule has 0 saturated heterocycles. The standard InChI is InChI=1S/C14H8F4N4O3S/c15-9-3-1-8(2-4-9)12-20-13(14(16,17)18)21-22(12)10-5-6-11(19-7-10)26(23,24)25/h1-7H,(H,23,24,25). The highest BCUT2D eigenvalue weighted by molar-refractivity contribution is 7.85. The van der Waals surface area contributed by atoms with E-state index in [1.54, 1.807) is 0 Å². The fraction of sp³-hybridized carbons (Fsp3) is 0.0714. The summed E-state index contributed by atoms with van der Waals surface area (Å²) in [5.74, 6) is -2.27. The Morgan fingerprint density at radius 1 is 1.04 bits per heavy atom. The Morgan fingerprint density at radius 2 is 1.69 bits per heavy atom. The quantitative estimate of drug-likeness (QED) is 0.547. The molecule has 12 heteroatoms. The predicted molar refractivity (Wildman–Crippen MR) is 79.4 cm³/mol. The summed E-state index contributed by atoms with van der Waals surface area (Å²) in [4.78, 5) is 6.92. The van der Waals surface area contributed by atoms with Crippen LogP contribution in [0.4, 0.5) is 17.6 Å². The second-order valence-corrected chi connectivity index (χ2v) is 6.37. The fourth-order valence-electron chi connectivity index (χ4n) is 2.05. The average Bonchev–Trinajstić information content (AvgIpc) is 3.00. The fourth-order valence-corrected chi connectivity index (χ4v) is 2.47. The summed E-state index contributed by atoms with van der Waals surface area (Å²) >= 11 is 0. The van der Waals surface area contributed by atoms with Gasteiger partial charge < -0.3 is 0 Å². The van der Waals surface area contributed by atoms with Crippen molar-refractivity contribution in [3.63, 3.8) is 0 Å². The molecule has 0 fully saturated rings. The summed E-state index contributed by atoms with van der Waals surface area (Å²) < 4.78 is 83.7. The lowest BCUT2D eigenvalue weighted by atomic mass is 10.2. The van der Waals surface area contributed by atoms with Gasteiger partial charge in [0.1, 0.15) is 5.82 Å². The maximum atomic E-state index is 13.1. The van der Waals surface area contributed by atoms with Crippen LogP contribution in [-0.2, 0) is 16.3 Å². The summed E-state index contributed by atoms with van der Waals surface area (Å²) in [6.45, 7) is 0. The molecule has 0 aliphatic rings. The first-order chi connectivity index (χ1) is 12.1. The molecule has 1 aromatic carbocycles. The zero-order valence-electron chi connectivity index (χ0n) is 12.5. The lowest BCUT2D eigenvalue weighted by Gasteiger charge is -2.06. The van der Waals surface area contributed by atoms with Crippen molar-refractivity contribution in [2.75, 3.05) is 0 Å². The van der Waals surface area contributed by atoms with E-state index in [0.29, 0.717) is 0 Å². The number of halogens is 4. The van der Waals surface area contributed by atoms with Gasteiger partial charge in [-0.3, -0.25) is 4.55 Å². The molecule has 0 aliphatic heterocycles. The lowest BCUT2D eigenvalue weighted by molar-refractivity contribution is -0.144. The molecule has 1 N–H and O–H groups in total. The van der Waals surface area contributed by atoms with E-state index >= 15 is 0 Å². The number of nitrogens with zero attached hydrogens (tertiary/aromatic N) is 4. The van der Waals surface area contributed by atoms with E-state index in [9.17, 15) is 26.0 Å². The molecule has 2 heterocycles.